The number of thioether (sulfide) groups is 2. The van der Waals surface area contributed by atoms with Crippen LogP contribution in [-0.4, -0.2) is 15.0 Å². The van der Waals surface area contributed by atoms with Crippen molar-refractivity contribution in [3.63, 3.8) is 0 Å². The van der Waals surface area contributed by atoms with Gasteiger partial charge in [-0.3, -0.25) is 0 Å². The van der Waals surface area contributed by atoms with E-state index in [0.717, 1.165) is 0 Å². The molecule has 5 heteroatoms. The Hall–Kier alpha value is 2.25. The predicted octanol–water partition coefficient (Wildman–Crippen LogP) is -0.619. The molecular formula is C4H6I2S3. The minimum absolute atomic E-state index is 0.390. The molecule has 0 unspecified atom stereocenters. The fraction of sp³-hybridized carbons (Fsp3) is 0.750. The SMILES string of the molecule is I[I-][S+]=C1SCCCS1. The Balaban J connectivity index is 2.30. The minimum atomic E-state index is 0.390. The molecular weight excluding hydrogens is 398 g/mol. The summed E-state index contributed by atoms with van der Waals surface area (Å²) in [5, 5.41) is 0. The van der Waals surface area contributed by atoms with Crippen LogP contribution >= 0.6 is 42.1 Å². The Bertz CT molecular complexity index is 106. The van der Waals surface area contributed by atoms with Crippen LogP contribution in [0.4, 0.5) is 0 Å². The van der Waals surface area contributed by atoms with Crippen LogP contribution in [-0.2, 0) is 8.52 Å². The van der Waals surface area contributed by atoms with Crippen molar-refractivity contribution in [1.82, 2.24) is 0 Å². The van der Waals surface area contributed by atoms with Gasteiger partial charge in [-0.1, -0.05) is 0 Å². The molecule has 0 amide bonds. The quantitative estimate of drug-likeness (QED) is 0.325. The van der Waals surface area contributed by atoms with Gasteiger partial charge in [-0.2, -0.15) is 0 Å². The standard InChI is InChI=1S/C4H6I2S3/c5-6-9-4-7-2-1-3-8-4/h1-3H2. The summed E-state index contributed by atoms with van der Waals surface area (Å²) in [5.74, 6) is 2.71. The van der Waals surface area contributed by atoms with Crippen LogP contribution in [0.5, 0.6) is 0 Å². The molecule has 0 atom stereocenters. The van der Waals surface area contributed by atoms with Gasteiger partial charge in [0.1, 0.15) is 0 Å². The van der Waals surface area contributed by atoms with E-state index in [0.29, 0.717) is 15.8 Å². The van der Waals surface area contributed by atoms with E-state index in [4.69, 9.17) is 0 Å². The van der Waals surface area contributed by atoms with Crippen molar-refractivity contribution in [3.05, 3.63) is 0 Å². The van der Waals surface area contributed by atoms with Gasteiger partial charge >= 0.3 is 88.0 Å². The van der Waals surface area contributed by atoms with E-state index in [1.807, 2.05) is 0 Å². The van der Waals surface area contributed by atoms with Gasteiger partial charge in [-0.25, -0.2) is 0 Å². The Morgan fingerprint density at radius 3 is 2.67 bits per heavy atom. The Morgan fingerprint density at radius 2 is 2.11 bits per heavy atom. The van der Waals surface area contributed by atoms with Crippen LogP contribution in [0.1, 0.15) is 6.42 Å². The third kappa shape index (κ3) is 3.97. The van der Waals surface area contributed by atoms with Crippen molar-refractivity contribution < 1.29 is 15.8 Å². The van der Waals surface area contributed by atoms with E-state index < -0.39 is 0 Å². The van der Waals surface area contributed by atoms with Crippen LogP contribution in [0.2, 0.25) is 0 Å². The van der Waals surface area contributed by atoms with Crippen LogP contribution in [0.15, 0.2) is 0 Å². The molecule has 54 valence electrons. The molecule has 1 aliphatic rings. The summed E-state index contributed by atoms with van der Waals surface area (Å²) in [4.78, 5) is 0. The third-order valence-electron chi connectivity index (χ3n) is 0.821. The van der Waals surface area contributed by atoms with Gasteiger partial charge in [0, 0.05) is 0 Å². The van der Waals surface area contributed by atoms with E-state index in [1.54, 1.807) is 3.53 Å². The summed E-state index contributed by atoms with van der Waals surface area (Å²) < 4.78 is 1.63. The molecule has 0 aliphatic carbocycles. The molecule has 0 nitrogen and oxygen atoms in total. The van der Waals surface area contributed by atoms with Crippen LogP contribution in [0.3, 0.4) is 0 Å². The van der Waals surface area contributed by atoms with E-state index >= 15 is 0 Å². The molecule has 0 bridgehead atoms. The van der Waals surface area contributed by atoms with Crippen molar-refractivity contribution in [3.8, 4) is 0 Å². The summed E-state index contributed by atoms with van der Waals surface area (Å²) in [6, 6.07) is 0. The van der Waals surface area contributed by atoms with Crippen molar-refractivity contribution in [2.24, 2.45) is 0 Å². The van der Waals surface area contributed by atoms with Crippen molar-refractivity contribution in [2.75, 3.05) is 11.5 Å². The molecule has 0 radical (unpaired) electrons. The average Bonchev–Trinajstić information content (AvgIpc) is 1.91. The van der Waals surface area contributed by atoms with Crippen molar-refractivity contribution in [1.29, 1.82) is 0 Å². The second-order valence-corrected chi connectivity index (χ2v) is 14.1. The summed E-state index contributed by atoms with van der Waals surface area (Å²) in [7, 11) is 2.09. The summed E-state index contributed by atoms with van der Waals surface area (Å²) in [5.41, 5.74) is 0. The van der Waals surface area contributed by atoms with Gasteiger partial charge in [0.15, 0.2) is 0 Å². The number of hydrogen-bond donors (Lipinski definition) is 0. The first-order chi connectivity index (χ1) is 4.43. The molecule has 0 spiro atoms. The second-order valence-electron chi connectivity index (χ2n) is 1.44. The molecule has 0 N–H and O–H groups in total. The van der Waals surface area contributed by atoms with Gasteiger partial charge < -0.3 is 0 Å². The molecule has 1 aliphatic heterocycles. The zero-order valence-corrected chi connectivity index (χ0v) is 11.4. The summed E-state index contributed by atoms with van der Waals surface area (Å²) >= 11 is 7.01. The number of rotatable bonds is 1. The number of halogens is 2. The molecule has 9 heavy (non-hydrogen) atoms. The fourth-order valence-electron chi connectivity index (χ4n) is 0.480. The molecule has 0 aromatic carbocycles. The van der Waals surface area contributed by atoms with E-state index in [2.05, 4.69) is 50.7 Å². The van der Waals surface area contributed by atoms with E-state index in [-0.39, 0.29) is 0 Å². The average molecular weight is 404 g/mol. The molecule has 1 rings (SSSR count). The first-order valence-electron chi connectivity index (χ1n) is 2.49. The Morgan fingerprint density at radius 1 is 1.44 bits per heavy atom. The topological polar surface area (TPSA) is 0 Å². The predicted molar refractivity (Wildman–Crippen MR) is 55.9 cm³/mol. The number of hydrogen-bond acceptors (Lipinski definition) is 2. The molecule has 0 aromatic rings. The second kappa shape index (κ2) is 5.84. The van der Waals surface area contributed by atoms with Gasteiger partial charge in [-0.05, 0) is 0 Å². The Labute approximate surface area is 86.5 Å². The first kappa shape index (κ1) is 9.34. The molecule has 1 fully saturated rings. The maximum absolute atomic E-state index is 2.52. The van der Waals surface area contributed by atoms with E-state index in [9.17, 15) is 0 Å². The molecule has 0 aromatic heterocycles. The van der Waals surface area contributed by atoms with Crippen molar-refractivity contribution >= 4 is 54.2 Å². The molecule has 1 saturated heterocycles. The van der Waals surface area contributed by atoms with Gasteiger partial charge in [0.2, 0.25) is 0 Å². The van der Waals surface area contributed by atoms with Gasteiger partial charge in [0.05, 0.1) is 0 Å². The molecule has 0 saturated carbocycles. The summed E-state index contributed by atoms with van der Waals surface area (Å²) in [6.45, 7) is 0. The Kier molecular flexibility index (Phi) is 6.06. The van der Waals surface area contributed by atoms with Gasteiger partial charge in [-0.15, -0.1) is 0 Å². The maximum atomic E-state index is 2.52. The van der Waals surface area contributed by atoms with Crippen molar-refractivity contribution in [2.45, 2.75) is 6.42 Å². The van der Waals surface area contributed by atoms with Crippen LogP contribution in [0, 0.1) is 0 Å². The first-order valence-corrected chi connectivity index (χ1v) is 14.1. The van der Waals surface area contributed by atoms with Gasteiger partial charge in [0.25, 0.3) is 0 Å². The summed E-state index contributed by atoms with van der Waals surface area (Å²) in [6.07, 6.45) is 1.40. The zero-order valence-electron chi connectivity index (χ0n) is 4.60. The fourth-order valence-corrected chi connectivity index (χ4v) is 15.2. The molecule has 1 heterocycles. The normalized spacial score (nSPS) is 20.3. The third-order valence-corrected chi connectivity index (χ3v) is 11.3. The zero-order chi connectivity index (χ0) is 6.53. The van der Waals surface area contributed by atoms with Crippen LogP contribution in [0.25, 0.3) is 0 Å². The van der Waals surface area contributed by atoms with Crippen LogP contribution < -0.4 is 15.8 Å². The monoisotopic (exact) mass is 404 g/mol. The van der Waals surface area contributed by atoms with E-state index in [1.165, 1.54) is 17.9 Å².